The molecule has 0 aliphatic rings. The lowest BCUT2D eigenvalue weighted by Gasteiger charge is -2.19. The van der Waals surface area contributed by atoms with Gasteiger partial charge in [0, 0.05) is 18.0 Å². The number of pyridine rings is 2. The highest BCUT2D eigenvalue weighted by atomic mass is 35.5. The van der Waals surface area contributed by atoms with Crippen LogP contribution in [0.4, 0.5) is 0 Å². The first-order chi connectivity index (χ1) is 14.7. The molecule has 2 aromatic heterocycles. The molecule has 170 valence electrons. The Balaban J connectivity index is 0.000000364. The first kappa shape index (κ1) is 27.1. The van der Waals surface area contributed by atoms with Crippen LogP contribution in [0.25, 0.3) is 11.3 Å². The molecule has 0 bridgehead atoms. The Kier molecular flexibility index (Phi) is 10.3. The molecule has 3 rings (SSSR count). The van der Waals surface area contributed by atoms with Crippen molar-refractivity contribution in [3.05, 3.63) is 82.8 Å². The molecule has 0 fully saturated rings. The van der Waals surface area contributed by atoms with Crippen LogP contribution in [-0.2, 0) is 14.9 Å². The van der Waals surface area contributed by atoms with Crippen molar-refractivity contribution in [3.8, 4) is 11.3 Å². The molecule has 2 heterocycles. The Morgan fingerprint density at radius 2 is 1.31 bits per heavy atom. The normalized spacial score (nSPS) is 10.2. The van der Waals surface area contributed by atoms with Gasteiger partial charge in [-0.2, -0.15) is 0 Å². The van der Waals surface area contributed by atoms with Crippen LogP contribution in [-0.4, -0.2) is 36.1 Å². The molecule has 0 atom stereocenters. The molecular weight excluding hydrogens is 451 g/mol. The van der Waals surface area contributed by atoms with E-state index in [1.165, 1.54) is 38.1 Å². The first-order valence-corrected chi connectivity index (χ1v) is 9.88. The molecule has 0 aliphatic heterocycles. The Labute approximate surface area is 199 Å². The van der Waals surface area contributed by atoms with Crippen molar-refractivity contribution < 1.29 is 19.1 Å². The average molecular weight is 477 g/mol. The number of ether oxygens (including phenoxy) is 2. The second-order valence-corrected chi connectivity index (χ2v) is 7.99. The molecule has 0 N–H and O–H groups in total. The quantitative estimate of drug-likeness (QED) is 0.352. The Morgan fingerprint density at radius 1 is 0.812 bits per heavy atom. The van der Waals surface area contributed by atoms with E-state index >= 15 is 0 Å². The average Bonchev–Trinajstić information content (AvgIpc) is 2.78. The second kappa shape index (κ2) is 12.2. The number of rotatable bonds is 3. The van der Waals surface area contributed by atoms with Gasteiger partial charge in [-0.15, -0.1) is 12.4 Å². The number of hydrogen-bond donors (Lipinski definition) is 0. The fourth-order valence-electron chi connectivity index (χ4n) is 2.62. The Hall–Kier alpha value is -2.96. The molecule has 0 amide bonds. The van der Waals surface area contributed by atoms with E-state index in [9.17, 15) is 9.59 Å². The highest BCUT2D eigenvalue weighted by Gasteiger charge is 2.14. The molecule has 3 aromatic rings. The number of benzene rings is 1. The number of methoxy groups -OCH3 is 2. The van der Waals surface area contributed by atoms with E-state index in [0.717, 1.165) is 11.3 Å². The standard InChI is InChI=1S/C17H19NO2.C7H6ClNO2.ClH/c1-17(2,3)14-7-5-12(6-8-14)15-11-13(9-10-18-15)16(19)20-4;1-11-7(10)5-2-3-9-6(8)4-5;/h5-11H,1-4H3;2-4H,1H3;1H. The lowest BCUT2D eigenvalue weighted by Crippen LogP contribution is -2.10. The summed E-state index contributed by atoms with van der Waals surface area (Å²) in [6, 6.07) is 14.7. The van der Waals surface area contributed by atoms with Gasteiger partial charge < -0.3 is 9.47 Å². The molecule has 0 spiro atoms. The van der Waals surface area contributed by atoms with E-state index in [4.69, 9.17) is 16.3 Å². The van der Waals surface area contributed by atoms with Crippen molar-refractivity contribution in [2.45, 2.75) is 26.2 Å². The zero-order valence-electron chi connectivity index (χ0n) is 18.6. The molecule has 0 saturated carbocycles. The number of halogens is 2. The maximum absolute atomic E-state index is 11.5. The predicted octanol–water partition coefficient (Wildman–Crippen LogP) is 5.78. The minimum atomic E-state index is -0.408. The third kappa shape index (κ3) is 7.62. The summed E-state index contributed by atoms with van der Waals surface area (Å²) in [4.78, 5) is 30.4. The smallest absolute Gasteiger partial charge is 0.338 e. The number of carbonyl (C=O) groups excluding carboxylic acids is 2. The topological polar surface area (TPSA) is 78.4 Å². The minimum Gasteiger partial charge on any atom is -0.465 e. The lowest BCUT2D eigenvalue weighted by molar-refractivity contribution is 0.0592. The SMILES string of the molecule is COC(=O)c1ccnc(-c2ccc(C(C)(C)C)cc2)c1.COC(=O)c1ccnc(Cl)c1.Cl. The van der Waals surface area contributed by atoms with Gasteiger partial charge in [0.1, 0.15) is 5.15 Å². The maximum atomic E-state index is 11.5. The molecule has 0 unspecified atom stereocenters. The van der Waals surface area contributed by atoms with Crippen LogP contribution in [0.1, 0.15) is 47.1 Å². The van der Waals surface area contributed by atoms with Gasteiger partial charge in [-0.25, -0.2) is 14.6 Å². The van der Waals surface area contributed by atoms with Gasteiger partial charge in [0.2, 0.25) is 0 Å². The van der Waals surface area contributed by atoms with Crippen molar-refractivity contribution >= 4 is 35.9 Å². The molecule has 0 radical (unpaired) electrons. The summed E-state index contributed by atoms with van der Waals surface area (Å²) in [7, 11) is 2.69. The summed E-state index contributed by atoms with van der Waals surface area (Å²) in [5, 5.41) is 0.285. The molecule has 0 saturated heterocycles. The number of hydrogen-bond acceptors (Lipinski definition) is 6. The van der Waals surface area contributed by atoms with Gasteiger partial charge in [-0.3, -0.25) is 4.98 Å². The second-order valence-electron chi connectivity index (χ2n) is 7.61. The fraction of sp³-hybridized carbons (Fsp3) is 0.250. The lowest BCUT2D eigenvalue weighted by atomic mass is 9.86. The molecule has 0 aliphatic carbocycles. The van der Waals surface area contributed by atoms with Crippen molar-refractivity contribution in [3.63, 3.8) is 0 Å². The van der Waals surface area contributed by atoms with Crippen LogP contribution >= 0.6 is 24.0 Å². The molecule has 6 nitrogen and oxygen atoms in total. The highest BCUT2D eigenvalue weighted by molar-refractivity contribution is 6.29. The number of aromatic nitrogens is 2. The van der Waals surface area contributed by atoms with E-state index in [0.29, 0.717) is 11.1 Å². The van der Waals surface area contributed by atoms with Gasteiger partial charge >= 0.3 is 11.9 Å². The van der Waals surface area contributed by atoms with Crippen molar-refractivity contribution in [1.82, 2.24) is 9.97 Å². The van der Waals surface area contributed by atoms with E-state index in [2.05, 4.69) is 47.6 Å². The number of esters is 2. The first-order valence-electron chi connectivity index (χ1n) is 9.51. The van der Waals surface area contributed by atoms with E-state index in [1.54, 1.807) is 18.3 Å². The molecular formula is C24H26Cl2N2O4. The summed E-state index contributed by atoms with van der Waals surface area (Å²) in [6.45, 7) is 6.54. The summed E-state index contributed by atoms with van der Waals surface area (Å²) < 4.78 is 9.19. The monoisotopic (exact) mass is 476 g/mol. The Bertz CT molecular complexity index is 1050. The summed E-state index contributed by atoms with van der Waals surface area (Å²) >= 11 is 5.53. The van der Waals surface area contributed by atoms with Crippen molar-refractivity contribution in [2.24, 2.45) is 0 Å². The fourth-order valence-corrected chi connectivity index (χ4v) is 2.80. The van der Waals surface area contributed by atoms with Gasteiger partial charge in [-0.1, -0.05) is 56.6 Å². The van der Waals surface area contributed by atoms with E-state index in [1.807, 2.05) is 12.1 Å². The van der Waals surface area contributed by atoms with Crippen molar-refractivity contribution in [1.29, 1.82) is 0 Å². The van der Waals surface area contributed by atoms with Crippen LogP contribution in [0.5, 0.6) is 0 Å². The van der Waals surface area contributed by atoms with Crippen molar-refractivity contribution in [2.75, 3.05) is 14.2 Å². The van der Waals surface area contributed by atoms with E-state index in [-0.39, 0.29) is 28.9 Å². The minimum absolute atomic E-state index is 0. The van der Waals surface area contributed by atoms with Crippen LogP contribution in [0.2, 0.25) is 5.15 Å². The number of nitrogens with zero attached hydrogens (tertiary/aromatic N) is 2. The molecule has 32 heavy (non-hydrogen) atoms. The summed E-state index contributed by atoms with van der Waals surface area (Å²) in [5.41, 5.74) is 4.08. The third-order valence-corrected chi connectivity index (χ3v) is 4.58. The summed E-state index contributed by atoms with van der Waals surface area (Å²) in [5.74, 6) is -0.755. The third-order valence-electron chi connectivity index (χ3n) is 4.38. The van der Waals surface area contributed by atoms with E-state index < -0.39 is 5.97 Å². The van der Waals surface area contributed by atoms with Crippen LogP contribution in [0.3, 0.4) is 0 Å². The van der Waals surface area contributed by atoms with Crippen LogP contribution in [0, 0.1) is 0 Å². The van der Waals surface area contributed by atoms with Gasteiger partial charge in [0.05, 0.1) is 31.0 Å². The Morgan fingerprint density at radius 3 is 1.78 bits per heavy atom. The van der Waals surface area contributed by atoms with Crippen LogP contribution in [0.15, 0.2) is 60.9 Å². The van der Waals surface area contributed by atoms with Gasteiger partial charge in [0.25, 0.3) is 0 Å². The van der Waals surface area contributed by atoms with Gasteiger partial charge in [0.15, 0.2) is 0 Å². The maximum Gasteiger partial charge on any atom is 0.338 e. The van der Waals surface area contributed by atoms with Gasteiger partial charge in [-0.05, 0) is 35.2 Å². The van der Waals surface area contributed by atoms with Crippen LogP contribution < -0.4 is 0 Å². The zero-order chi connectivity index (χ0) is 23.0. The zero-order valence-corrected chi connectivity index (χ0v) is 20.2. The number of carbonyl (C=O) groups is 2. The molecule has 1 aromatic carbocycles. The molecule has 8 heteroatoms. The predicted molar refractivity (Wildman–Crippen MR) is 128 cm³/mol. The highest BCUT2D eigenvalue weighted by Crippen LogP contribution is 2.25. The summed E-state index contributed by atoms with van der Waals surface area (Å²) in [6.07, 6.45) is 3.08. The largest absolute Gasteiger partial charge is 0.465 e.